The number of rotatable bonds is 8. The van der Waals surface area contributed by atoms with Crippen molar-refractivity contribution in [2.45, 2.75) is 30.2 Å². The zero-order valence-electron chi connectivity index (χ0n) is 13.0. The lowest BCUT2D eigenvalue weighted by Gasteiger charge is -2.10. The van der Waals surface area contributed by atoms with Crippen LogP contribution in [-0.4, -0.2) is 52.5 Å². The van der Waals surface area contributed by atoms with Crippen molar-refractivity contribution in [1.29, 1.82) is 0 Å². The van der Waals surface area contributed by atoms with Crippen molar-refractivity contribution in [1.82, 2.24) is 14.9 Å². The Balaban J connectivity index is 1.96. The molecule has 22 heavy (non-hydrogen) atoms. The number of carbonyl (C=O) groups excluding carboxylic acids is 1. The first-order valence-corrected chi connectivity index (χ1v) is 8.92. The summed E-state index contributed by atoms with van der Waals surface area (Å²) >= 11 is 0. The van der Waals surface area contributed by atoms with Crippen molar-refractivity contribution in [2.24, 2.45) is 0 Å². The molecule has 0 heterocycles. The van der Waals surface area contributed by atoms with Gasteiger partial charge in [0.1, 0.15) is 0 Å². The second-order valence-electron chi connectivity index (χ2n) is 5.84. The average molecular weight is 325 g/mol. The Morgan fingerprint density at radius 3 is 2.68 bits per heavy atom. The van der Waals surface area contributed by atoms with Crippen molar-refractivity contribution in [3.8, 4) is 0 Å². The van der Waals surface area contributed by atoms with Crippen LogP contribution >= 0.6 is 0 Å². The number of benzene rings is 1. The Morgan fingerprint density at radius 2 is 2.05 bits per heavy atom. The fourth-order valence-electron chi connectivity index (χ4n) is 1.99. The number of hydrogen-bond donors (Lipinski definition) is 2. The Kier molecular flexibility index (Phi) is 5.55. The van der Waals surface area contributed by atoms with Gasteiger partial charge in [-0.2, -0.15) is 0 Å². The summed E-state index contributed by atoms with van der Waals surface area (Å²) in [5.41, 5.74) is 0.364. The number of sulfonamides is 1. The van der Waals surface area contributed by atoms with E-state index in [0.29, 0.717) is 12.1 Å². The normalized spacial score (nSPS) is 15.0. The summed E-state index contributed by atoms with van der Waals surface area (Å²) < 4.78 is 26.9. The minimum absolute atomic E-state index is 0.0496. The number of amides is 1. The maximum atomic E-state index is 12.1. The molecular formula is C15H23N3O3S. The predicted molar refractivity (Wildman–Crippen MR) is 85.3 cm³/mol. The molecule has 0 aromatic heterocycles. The zero-order valence-corrected chi connectivity index (χ0v) is 13.8. The molecule has 0 saturated heterocycles. The number of hydrogen-bond acceptors (Lipinski definition) is 4. The zero-order chi connectivity index (χ0) is 16.2. The third-order valence-electron chi connectivity index (χ3n) is 3.37. The minimum atomic E-state index is -3.53. The van der Waals surface area contributed by atoms with E-state index in [1.807, 2.05) is 19.0 Å². The van der Waals surface area contributed by atoms with Gasteiger partial charge in [-0.3, -0.25) is 4.79 Å². The third kappa shape index (κ3) is 5.08. The van der Waals surface area contributed by atoms with Crippen LogP contribution in [0.2, 0.25) is 0 Å². The van der Waals surface area contributed by atoms with E-state index < -0.39 is 10.0 Å². The molecule has 2 rings (SSSR count). The molecule has 0 spiro atoms. The molecule has 1 saturated carbocycles. The van der Waals surface area contributed by atoms with Gasteiger partial charge in [0.25, 0.3) is 5.91 Å². The molecule has 7 heteroatoms. The largest absolute Gasteiger partial charge is 0.352 e. The number of carbonyl (C=O) groups is 1. The Bertz CT molecular complexity index is 625. The van der Waals surface area contributed by atoms with Gasteiger partial charge >= 0.3 is 0 Å². The van der Waals surface area contributed by atoms with Crippen LogP contribution in [-0.2, 0) is 10.0 Å². The highest BCUT2D eigenvalue weighted by atomic mass is 32.2. The molecular weight excluding hydrogens is 302 g/mol. The van der Waals surface area contributed by atoms with E-state index in [1.54, 1.807) is 12.1 Å². The molecule has 0 unspecified atom stereocenters. The highest BCUT2D eigenvalue weighted by Gasteiger charge is 2.28. The first-order chi connectivity index (χ1) is 10.4. The van der Waals surface area contributed by atoms with Gasteiger partial charge in [-0.15, -0.1) is 0 Å². The summed E-state index contributed by atoms with van der Waals surface area (Å²) in [7, 11) is 0.424. The molecule has 1 amide bonds. The van der Waals surface area contributed by atoms with E-state index in [2.05, 4.69) is 10.0 Å². The quantitative estimate of drug-likeness (QED) is 0.693. The molecule has 1 aromatic rings. The van der Waals surface area contributed by atoms with Gasteiger partial charge < -0.3 is 10.2 Å². The molecule has 0 bridgehead atoms. The first kappa shape index (κ1) is 16.9. The molecule has 0 atom stereocenters. The number of nitrogens with zero attached hydrogens (tertiary/aromatic N) is 1. The van der Waals surface area contributed by atoms with Crippen LogP contribution in [0.25, 0.3) is 0 Å². The van der Waals surface area contributed by atoms with Crippen LogP contribution in [0.4, 0.5) is 0 Å². The minimum Gasteiger partial charge on any atom is -0.352 e. The highest BCUT2D eigenvalue weighted by molar-refractivity contribution is 7.89. The van der Waals surface area contributed by atoms with Crippen LogP contribution in [0, 0.1) is 0 Å². The van der Waals surface area contributed by atoms with Crippen molar-refractivity contribution in [3.05, 3.63) is 29.8 Å². The Labute approximate surface area is 131 Å². The fourth-order valence-corrected chi connectivity index (χ4v) is 3.34. The molecule has 2 N–H and O–H groups in total. The SMILES string of the molecule is CN(C)CCCNC(=O)c1cccc(S(=O)(=O)NC2CC2)c1. The lowest BCUT2D eigenvalue weighted by Crippen LogP contribution is -2.28. The summed E-state index contributed by atoms with van der Waals surface area (Å²) in [6, 6.07) is 6.20. The first-order valence-electron chi connectivity index (χ1n) is 7.44. The van der Waals surface area contributed by atoms with E-state index in [-0.39, 0.29) is 16.8 Å². The van der Waals surface area contributed by atoms with Gasteiger partial charge in [-0.25, -0.2) is 13.1 Å². The van der Waals surface area contributed by atoms with Crippen molar-refractivity contribution in [2.75, 3.05) is 27.2 Å². The molecule has 122 valence electrons. The van der Waals surface area contributed by atoms with Crippen LogP contribution < -0.4 is 10.0 Å². The van der Waals surface area contributed by atoms with Crippen LogP contribution in [0.15, 0.2) is 29.2 Å². The fraction of sp³-hybridized carbons (Fsp3) is 0.533. The van der Waals surface area contributed by atoms with Crippen LogP contribution in [0.5, 0.6) is 0 Å². The molecule has 0 aliphatic heterocycles. The standard InChI is InChI=1S/C15H23N3O3S/c1-18(2)10-4-9-16-15(19)12-5-3-6-14(11-12)22(20,21)17-13-7-8-13/h3,5-6,11,13,17H,4,7-10H2,1-2H3,(H,16,19). The predicted octanol–water partition coefficient (Wildman–Crippen LogP) is 0.809. The second kappa shape index (κ2) is 7.21. The van der Waals surface area contributed by atoms with E-state index >= 15 is 0 Å². The summed E-state index contributed by atoms with van der Waals surface area (Å²) in [6.07, 6.45) is 2.61. The lowest BCUT2D eigenvalue weighted by atomic mass is 10.2. The summed E-state index contributed by atoms with van der Waals surface area (Å²) in [5, 5.41) is 2.81. The van der Waals surface area contributed by atoms with Crippen LogP contribution in [0.1, 0.15) is 29.6 Å². The van der Waals surface area contributed by atoms with E-state index in [4.69, 9.17) is 0 Å². The van der Waals surface area contributed by atoms with E-state index in [0.717, 1.165) is 25.8 Å². The molecule has 1 fully saturated rings. The van der Waals surface area contributed by atoms with Crippen molar-refractivity contribution in [3.63, 3.8) is 0 Å². The summed E-state index contributed by atoms with van der Waals surface area (Å²) in [4.78, 5) is 14.2. The monoisotopic (exact) mass is 325 g/mol. The van der Waals surface area contributed by atoms with Gasteiger partial charge in [-0.1, -0.05) is 6.07 Å². The molecule has 6 nitrogen and oxygen atoms in total. The maximum absolute atomic E-state index is 12.1. The smallest absolute Gasteiger partial charge is 0.251 e. The van der Waals surface area contributed by atoms with Crippen molar-refractivity contribution >= 4 is 15.9 Å². The Hall–Kier alpha value is -1.44. The molecule has 1 aliphatic carbocycles. The lowest BCUT2D eigenvalue weighted by molar-refractivity contribution is 0.0952. The third-order valence-corrected chi connectivity index (χ3v) is 4.89. The van der Waals surface area contributed by atoms with Gasteiger partial charge in [0.05, 0.1) is 4.90 Å². The van der Waals surface area contributed by atoms with E-state index in [9.17, 15) is 13.2 Å². The highest BCUT2D eigenvalue weighted by Crippen LogP contribution is 2.22. The van der Waals surface area contributed by atoms with Gasteiger partial charge in [0.2, 0.25) is 10.0 Å². The second-order valence-corrected chi connectivity index (χ2v) is 7.55. The van der Waals surface area contributed by atoms with Crippen LogP contribution in [0.3, 0.4) is 0 Å². The summed E-state index contributed by atoms with van der Waals surface area (Å²) in [5.74, 6) is -0.248. The van der Waals surface area contributed by atoms with E-state index in [1.165, 1.54) is 12.1 Å². The molecule has 1 aromatic carbocycles. The maximum Gasteiger partial charge on any atom is 0.251 e. The van der Waals surface area contributed by atoms with Crippen molar-refractivity contribution < 1.29 is 13.2 Å². The van der Waals surface area contributed by atoms with Gasteiger partial charge in [-0.05, 0) is 58.1 Å². The Morgan fingerprint density at radius 1 is 1.32 bits per heavy atom. The molecule has 0 radical (unpaired) electrons. The summed E-state index contributed by atoms with van der Waals surface area (Å²) in [6.45, 7) is 1.45. The topological polar surface area (TPSA) is 78.5 Å². The average Bonchev–Trinajstić information content (AvgIpc) is 3.26. The van der Waals surface area contributed by atoms with Gasteiger partial charge in [0, 0.05) is 18.2 Å². The molecule has 1 aliphatic rings. The number of nitrogens with one attached hydrogen (secondary N) is 2. The van der Waals surface area contributed by atoms with Gasteiger partial charge in [0.15, 0.2) is 0 Å².